The van der Waals surface area contributed by atoms with Crippen molar-refractivity contribution in [2.75, 3.05) is 31.0 Å². The van der Waals surface area contributed by atoms with Crippen molar-refractivity contribution in [3.63, 3.8) is 0 Å². The highest BCUT2D eigenvalue weighted by atomic mass is 127. The third-order valence-electron chi connectivity index (χ3n) is 10.7. The summed E-state index contributed by atoms with van der Waals surface area (Å²) in [4.78, 5) is 51.1. The van der Waals surface area contributed by atoms with Gasteiger partial charge in [-0.05, 0) is 125 Å². The van der Waals surface area contributed by atoms with Gasteiger partial charge in [-0.2, -0.15) is 26.3 Å². The molecule has 1 spiro atoms. The second kappa shape index (κ2) is 20.0. The number of carbonyl (C=O) groups is 4. The summed E-state index contributed by atoms with van der Waals surface area (Å²) in [7, 11) is -1.79. The molecule has 12 nitrogen and oxygen atoms in total. The first-order chi connectivity index (χ1) is 29.9. The third kappa shape index (κ3) is 12.2. The molecule has 3 aromatic rings. The molecule has 5 rings (SSSR count). The van der Waals surface area contributed by atoms with Crippen molar-refractivity contribution in [2.24, 2.45) is 0 Å². The quantitative estimate of drug-likeness (QED) is 0.0964. The number of hydrogen-bond donors (Lipinski definition) is 3. The number of nitrogens with one attached hydrogen (secondary N) is 3. The number of halogens is 8. The van der Waals surface area contributed by atoms with Crippen molar-refractivity contribution in [1.82, 2.24) is 10.6 Å². The summed E-state index contributed by atoms with van der Waals surface area (Å²) in [5.41, 5.74) is -6.93. The van der Waals surface area contributed by atoms with E-state index in [4.69, 9.17) is 14.2 Å². The van der Waals surface area contributed by atoms with E-state index in [9.17, 15) is 58.3 Å². The summed E-state index contributed by atoms with van der Waals surface area (Å²) >= 11 is 1.77. The zero-order valence-electron chi connectivity index (χ0n) is 36.6. The van der Waals surface area contributed by atoms with Crippen LogP contribution in [0.4, 0.5) is 41.2 Å². The van der Waals surface area contributed by atoms with Gasteiger partial charge in [0.05, 0.1) is 40.7 Å². The van der Waals surface area contributed by atoms with E-state index < -0.39 is 68.2 Å². The molecule has 3 amide bonds. The molecular formula is C44H49F7IN3O9S. The van der Waals surface area contributed by atoms with Crippen molar-refractivity contribution < 1.29 is 72.5 Å². The maximum Gasteiger partial charge on any atom is 0.513 e. The molecule has 0 aromatic heterocycles. The number of amides is 3. The predicted molar refractivity (Wildman–Crippen MR) is 236 cm³/mol. The first-order valence-electron chi connectivity index (χ1n) is 20.0. The predicted octanol–water partition coefficient (Wildman–Crippen LogP) is 9.34. The van der Waals surface area contributed by atoms with Crippen LogP contribution in [0.3, 0.4) is 0 Å². The first-order valence-corrected chi connectivity index (χ1v) is 23.1. The van der Waals surface area contributed by atoms with E-state index in [0.717, 1.165) is 42.7 Å². The lowest BCUT2D eigenvalue weighted by molar-refractivity contribution is -0.348. The SMILES string of the molecule is CCOC(=O)OC1=C(c2cc(C)ccc2C)C(=O)NC12CCC(OC)CC2.Cc1cc(C(F)(C(F)(F)F)C(F)(F)F)ccc1NC(=O)c1cccc(I)c1C(=O)NC(C)(C)CS(C)(=O)=O. The number of benzene rings is 3. The molecule has 1 heterocycles. The molecule has 2 aliphatic rings. The minimum Gasteiger partial charge on any atom is -0.434 e. The molecule has 3 aromatic carbocycles. The number of sulfone groups is 1. The van der Waals surface area contributed by atoms with Gasteiger partial charge in [-0.3, -0.25) is 14.4 Å². The number of ether oxygens (including phenoxy) is 3. The Hall–Kier alpha value is -4.77. The van der Waals surface area contributed by atoms with Gasteiger partial charge < -0.3 is 30.2 Å². The lowest BCUT2D eigenvalue weighted by atomic mass is 9.79. The normalized spacial score (nSPS) is 18.1. The fraction of sp³-hybridized carbons (Fsp3) is 0.455. The molecule has 1 saturated carbocycles. The van der Waals surface area contributed by atoms with Crippen LogP contribution in [0.25, 0.3) is 5.57 Å². The zero-order chi connectivity index (χ0) is 49.1. The van der Waals surface area contributed by atoms with Gasteiger partial charge in [0.2, 0.25) is 0 Å². The molecule has 356 valence electrons. The van der Waals surface area contributed by atoms with Crippen LogP contribution in [0.15, 0.2) is 60.4 Å². The van der Waals surface area contributed by atoms with E-state index >= 15 is 0 Å². The van der Waals surface area contributed by atoms with E-state index in [0.29, 0.717) is 39.9 Å². The number of rotatable bonds is 11. The van der Waals surface area contributed by atoms with Crippen LogP contribution < -0.4 is 16.0 Å². The van der Waals surface area contributed by atoms with Gasteiger partial charge in [-0.25, -0.2) is 17.6 Å². The standard InChI is InChI=1S/C23H22F7IN2O4S.C21H27NO5/c1-12-10-13(21(24,22(25,26)27)23(28,29)30)8-9-16(12)32-18(34)14-6-5-7-15(31)17(14)19(35)33-20(2,3)11-38(4,36)37;1-5-26-20(24)27-18-17(16-12-13(2)6-7-14(16)3)19(23)22-21(18)10-8-15(25-4)9-11-21/h5-10H,11H2,1-4H3,(H,32,34)(H,33,35);6-7,12,15H,5,8-11H2,1-4H3,(H,22,23). The highest BCUT2D eigenvalue weighted by Gasteiger charge is 2.73. The summed E-state index contributed by atoms with van der Waals surface area (Å²) in [5, 5.41) is 7.94. The molecule has 1 aliphatic heterocycles. The van der Waals surface area contributed by atoms with Gasteiger partial charge >= 0.3 is 24.2 Å². The summed E-state index contributed by atoms with van der Waals surface area (Å²) in [6, 6.07) is 11.4. The Kier molecular flexibility index (Phi) is 16.3. The number of anilines is 1. The Balaban J connectivity index is 0.000000300. The van der Waals surface area contributed by atoms with Crippen molar-refractivity contribution in [2.45, 2.75) is 102 Å². The Morgan fingerprint density at radius 2 is 1.51 bits per heavy atom. The van der Waals surface area contributed by atoms with Gasteiger partial charge in [0.25, 0.3) is 17.7 Å². The van der Waals surface area contributed by atoms with Crippen LogP contribution in [0.5, 0.6) is 0 Å². The van der Waals surface area contributed by atoms with Crippen LogP contribution in [0.2, 0.25) is 0 Å². The smallest absolute Gasteiger partial charge is 0.434 e. The van der Waals surface area contributed by atoms with Gasteiger partial charge in [0, 0.05) is 33.7 Å². The maximum absolute atomic E-state index is 14.4. The second-order valence-corrected chi connectivity index (χ2v) is 19.8. The molecule has 3 N–H and O–H groups in total. The minimum atomic E-state index is -6.30. The van der Waals surface area contributed by atoms with Gasteiger partial charge in [-0.15, -0.1) is 0 Å². The summed E-state index contributed by atoms with van der Waals surface area (Å²) < 4.78 is 133. The fourth-order valence-corrected chi connectivity index (χ4v) is 9.81. The molecule has 21 heteroatoms. The summed E-state index contributed by atoms with van der Waals surface area (Å²) in [5.74, 6) is -1.97. The monoisotopic (exact) mass is 1060 g/mol. The molecule has 0 atom stereocenters. The largest absolute Gasteiger partial charge is 0.513 e. The Morgan fingerprint density at radius 3 is 2.05 bits per heavy atom. The molecule has 0 unspecified atom stereocenters. The first kappa shape index (κ1) is 52.9. The van der Waals surface area contributed by atoms with E-state index in [2.05, 4.69) is 16.0 Å². The molecule has 1 fully saturated rings. The third-order valence-corrected chi connectivity index (χ3v) is 12.8. The maximum atomic E-state index is 14.4. The average molecular weight is 1060 g/mol. The fourth-order valence-electron chi connectivity index (χ4n) is 7.68. The molecule has 1 aliphatic carbocycles. The molecule has 0 bridgehead atoms. The van der Waals surface area contributed by atoms with Gasteiger partial charge in [0.15, 0.2) is 0 Å². The topological polar surface area (TPSA) is 166 Å². The van der Waals surface area contributed by atoms with Crippen molar-refractivity contribution in [3.05, 3.63) is 103 Å². The van der Waals surface area contributed by atoms with Gasteiger partial charge in [0.1, 0.15) is 15.6 Å². The number of methoxy groups -OCH3 is 1. The Morgan fingerprint density at radius 1 is 0.892 bits per heavy atom. The van der Waals surface area contributed by atoms with Crippen LogP contribution in [-0.4, -0.2) is 87.6 Å². The Bertz CT molecular complexity index is 2450. The highest BCUT2D eigenvalue weighted by molar-refractivity contribution is 14.1. The van der Waals surface area contributed by atoms with E-state index in [1.54, 1.807) is 36.6 Å². The van der Waals surface area contributed by atoms with E-state index in [-0.39, 0.29) is 47.1 Å². The molecular weight excluding hydrogens is 1010 g/mol. The summed E-state index contributed by atoms with van der Waals surface area (Å²) in [6.45, 7) is 9.84. The van der Waals surface area contributed by atoms with Crippen LogP contribution in [0, 0.1) is 24.3 Å². The zero-order valence-corrected chi connectivity index (χ0v) is 39.6. The number of carbonyl (C=O) groups excluding carboxylic acids is 4. The average Bonchev–Trinajstić information content (AvgIpc) is 3.43. The van der Waals surface area contributed by atoms with E-state index in [1.165, 1.54) is 32.0 Å². The second-order valence-electron chi connectivity index (χ2n) is 16.5. The number of aryl methyl sites for hydroxylation is 3. The molecule has 0 saturated heterocycles. The highest BCUT2D eigenvalue weighted by Crippen LogP contribution is 2.53. The number of hydrogen-bond acceptors (Lipinski definition) is 9. The summed E-state index contributed by atoms with van der Waals surface area (Å²) in [6.07, 6.45) is -9.36. The lowest BCUT2D eigenvalue weighted by Crippen LogP contribution is -2.50. The number of alkyl halides is 7. The van der Waals surface area contributed by atoms with Crippen molar-refractivity contribution in [1.29, 1.82) is 0 Å². The minimum absolute atomic E-state index is 0.140. The molecule has 65 heavy (non-hydrogen) atoms. The van der Waals surface area contributed by atoms with Gasteiger partial charge in [-0.1, -0.05) is 42.0 Å². The van der Waals surface area contributed by atoms with E-state index in [1.807, 2.05) is 32.0 Å². The van der Waals surface area contributed by atoms with Crippen LogP contribution >= 0.6 is 22.6 Å². The lowest BCUT2D eigenvalue weighted by Gasteiger charge is -2.37. The molecule has 0 radical (unpaired) electrons. The Labute approximate surface area is 385 Å². The van der Waals surface area contributed by atoms with Crippen molar-refractivity contribution in [3.8, 4) is 0 Å². The van der Waals surface area contributed by atoms with Crippen molar-refractivity contribution >= 4 is 67.6 Å². The van der Waals surface area contributed by atoms with Crippen LogP contribution in [-0.2, 0) is 34.5 Å². The van der Waals surface area contributed by atoms with Crippen LogP contribution in [0.1, 0.15) is 95.0 Å².